The minimum Gasteiger partial charge on any atom is -0.480 e. The second kappa shape index (κ2) is 9.59. The number of hydrogen-bond donors (Lipinski definition) is 3. The van der Waals surface area contributed by atoms with Gasteiger partial charge in [-0.15, -0.1) is 0 Å². The van der Waals surface area contributed by atoms with Gasteiger partial charge in [0.1, 0.15) is 11.4 Å². The Bertz CT molecular complexity index is 1370. The zero-order chi connectivity index (χ0) is 26.3. The molecule has 38 heavy (non-hydrogen) atoms. The molecule has 11 heteroatoms. The Morgan fingerprint density at radius 3 is 2.74 bits per heavy atom. The average molecular weight is 522 g/mol. The van der Waals surface area contributed by atoms with Crippen molar-refractivity contribution in [3.05, 3.63) is 77.0 Å². The molecule has 0 saturated carbocycles. The summed E-state index contributed by atoms with van der Waals surface area (Å²) in [5.74, 6) is -1.79. The van der Waals surface area contributed by atoms with Gasteiger partial charge in [0.2, 0.25) is 5.88 Å². The lowest BCUT2D eigenvalue weighted by Gasteiger charge is -2.50. The van der Waals surface area contributed by atoms with Crippen LogP contribution in [0.15, 0.2) is 48.8 Å². The first-order valence-electron chi connectivity index (χ1n) is 12.5. The fourth-order valence-corrected chi connectivity index (χ4v) is 5.49. The third-order valence-electron chi connectivity index (χ3n) is 7.35. The molecule has 0 aliphatic carbocycles. The van der Waals surface area contributed by atoms with Gasteiger partial charge >= 0.3 is 0 Å². The number of para-hydroxylation sites is 1. The molecule has 2 fully saturated rings. The van der Waals surface area contributed by atoms with Crippen molar-refractivity contribution >= 4 is 5.91 Å². The lowest BCUT2D eigenvalue weighted by molar-refractivity contribution is -0.138. The molecule has 10 nitrogen and oxygen atoms in total. The van der Waals surface area contributed by atoms with Crippen molar-refractivity contribution in [2.24, 2.45) is 5.73 Å². The number of methoxy groups -OCH3 is 1. The van der Waals surface area contributed by atoms with Crippen LogP contribution in [0.2, 0.25) is 0 Å². The van der Waals surface area contributed by atoms with E-state index in [9.17, 15) is 4.79 Å². The number of benzene rings is 2. The largest absolute Gasteiger partial charge is 0.480 e. The molecule has 6 rings (SSSR count). The van der Waals surface area contributed by atoms with E-state index in [0.717, 1.165) is 24.0 Å². The van der Waals surface area contributed by atoms with Gasteiger partial charge in [0.05, 0.1) is 31.6 Å². The summed E-state index contributed by atoms with van der Waals surface area (Å²) in [6, 6.07) is 10.9. The molecule has 2 aromatic carbocycles. The van der Waals surface area contributed by atoms with E-state index in [1.54, 1.807) is 12.1 Å². The molecule has 2 atom stereocenters. The fourth-order valence-electron chi connectivity index (χ4n) is 5.49. The van der Waals surface area contributed by atoms with Crippen molar-refractivity contribution in [2.75, 3.05) is 26.9 Å². The number of rotatable bonds is 4. The van der Waals surface area contributed by atoms with Gasteiger partial charge < -0.3 is 18.9 Å². The molecule has 4 N–H and O–H groups in total. The van der Waals surface area contributed by atoms with E-state index in [1.165, 1.54) is 19.5 Å². The maximum atomic E-state index is 15.7. The number of fused-ring (bicyclic) bond motifs is 4. The van der Waals surface area contributed by atoms with Crippen LogP contribution in [0.4, 0.5) is 4.39 Å². The first-order valence-corrected chi connectivity index (χ1v) is 12.5. The summed E-state index contributed by atoms with van der Waals surface area (Å²) < 4.78 is 38.1. The van der Waals surface area contributed by atoms with Gasteiger partial charge in [0, 0.05) is 24.3 Å². The number of halogens is 1. The van der Waals surface area contributed by atoms with Crippen LogP contribution in [-0.2, 0) is 15.0 Å². The smallest absolute Gasteiger partial charge is 0.275 e. The Labute approximate surface area is 218 Å². The van der Waals surface area contributed by atoms with Gasteiger partial charge in [-0.25, -0.2) is 19.7 Å². The summed E-state index contributed by atoms with van der Waals surface area (Å²) in [5, 5.41) is 6.00. The van der Waals surface area contributed by atoms with Crippen LogP contribution in [0.1, 0.15) is 52.4 Å². The summed E-state index contributed by atoms with van der Waals surface area (Å²) in [7, 11) is 1.46. The van der Waals surface area contributed by atoms with Gasteiger partial charge in [-0.3, -0.25) is 15.8 Å². The number of nitrogens with zero attached hydrogens (tertiary/aromatic N) is 2. The van der Waals surface area contributed by atoms with Crippen molar-refractivity contribution < 1.29 is 28.1 Å². The summed E-state index contributed by atoms with van der Waals surface area (Å²) >= 11 is 0. The van der Waals surface area contributed by atoms with Crippen LogP contribution < -0.4 is 25.8 Å². The first-order chi connectivity index (χ1) is 18.4. The molecule has 4 heterocycles. The highest BCUT2D eigenvalue weighted by atomic mass is 19.1. The van der Waals surface area contributed by atoms with Crippen LogP contribution in [0.5, 0.6) is 17.4 Å². The minimum atomic E-state index is -1.80. The number of amides is 1. The molecule has 0 bridgehead atoms. The zero-order valence-electron chi connectivity index (χ0n) is 20.8. The highest BCUT2D eigenvalue weighted by Gasteiger charge is 2.51. The van der Waals surface area contributed by atoms with Crippen LogP contribution in [0.25, 0.3) is 0 Å². The molecule has 0 radical (unpaired) electrons. The highest BCUT2D eigenvalue weighted by Crippen LogP contribution is 2.52. The molecule has 1 spiro atoms. The van der Waals surface area contributed by atoms with E-state index in [0.29, 0.717) is 30.9 Å². The van der Waals surface area contributed by atoms with E-state index in [-0.39, 0.29) is 29.8 Å². The maximum Gasteiger partial charge on any atom is 0.275 e. The molecule has 3 aliphatic heterocycles. The third kappa shape index (κ3) is 4.27. The zero-order valence-corrected chi connectivity index (χ0v) is 20.8. The average Bonchev–Trinajstić information content (AvgIpc) is 2.94. The summed E-state index contributed by atoms with van der Waals surface area (Å²) in [6.07, 6.45) is 4.65. The number of hydrogen-bond acceptors (Lipinski definition) is 9. The van der Waals surface area contributed by atoms with Crippen LogP contribution in [0.3, 0.4) is 0 Å². The van der Waals surface area contributed by atoms with E-state index in [1.807, 2.05) is 24.3 Å². The second-order valence-electron chi connectivity index (χ2n) is 9.63. The van der Waals surface area contributed by atoms with Crippen LogP contribution >= 0.6 is 0 Å². The van der Waals surface area contributed by atoms with Crippen molar-refractivity contribution in [1.82, 2.24) is 20.6 Å². The third-order valence-corrected chi connectivity index (χ3v) is 7.35. The summed E-state index contributed by atoms with van der Waals surface area (Å²) in [4.78, 5) is 21.1. The van der Waals surface area contributed by atoms with Crippen LogP contribution in [0, 0.1) is 5.82 Å². The first kappa shape index (κ1) is 24.7. The number of aromatic nitrogens is 2. The quantitative estimate of drug-likeness (QED) is 0.444. The Kier molecular flexibility index (Phi) is 6.23. The molecule has 1 amide bonds. The summed E-state index contributed by atoms with van der Waals surface area (Å²) in [5.41, 5.74) is 7.88. The topological polar surface area (TPSA) is 130 Å². The maximum absolute atomic E-state index is 15.7. The Hall–Kier alpha value is -3.64. The lowest BCUT2D eigenvalue weighted by Crippen LogP contribution is -2.75. The fraction of sp³-hybridized carbons (Fsp3) is 0.370. The monoisotopic (exact) mass is 521 g/mol. The molecular weight excluding hydrogens is 493 g/mol. The van der Waals surface area contributed by atoms with E-state index >= 15 is 4.39 Å². The predicted molar refractivity (Wildman–Crippen MR) is 133 cm³/mol. The summed E-state index contributed by atoms with van der Waals surface area (Å²) in [6.45, 7) is 1.44. The van der Waals surface area contributed by atoms with Crippen molar-refractivity contribution in [2.45, 2.75) is 36.7 Å². The second-order valence-corrected chi connectivity index (χ2v) is 9.63. The van der Waals surface area contributed by atoms with Crippen molar-refractivity contribution in [1.29, 1.82) is 0 Å². The number of nitrogens with one attached hydrogen (secondary N) is 2. The SMILES string of the molecule is COc1cnc(C(=O)NC2(N)N[C@@]3(CCO2)c2ccccc2Oc2c(F)cc(C4CCOCC4)cc23)cn1. The van der Waals surface area contributed by atoms with Gasteiger partial charge in [-0.1, -0.05) is 18.2 Å². The van der Waals surface area contributed by atoms with Gasteiger partial charge in [-0.05, 0) is 48.9 Å². The predicted octanol–water partition coefficient (Wildman–Crippen LogP) is 2.88. The lowest BCUT2D eigenvalue weighted by atomic mass is 9.75. The number of nitrogens with two attached hydrogens (primary N) is 1. The van der Waals surface area contributed by atoms with E-state index in [4.69, 9.17) is 24.7 Å². The van der Waals surface area contributed by atoms with Crippen LogP contribution in [-0.4, -0.2) is 48.8 Å². The van der Waals surface area contributed by atoms with E-state index < -0.39 is 23.2 Å². The number of carbonyl (C=O) groups is 1. The van der Waals surface area contributed by atoms with E-state index in [2.05, 4.69) is 20.6 Å². The minimum absolute atomic E-state index is 0.0290. The van der Waals surface area contributed by atoms with Gasteiger partial charge in [0.15, 0.2) is 11.6 Å². The van der Waals surface area contributed by atoms with Gasteiger partial charge in [-0.2, -0.15) is 0 Å². The van der Waals surface area contributed by atoms with Crippen molar-refractivity contribution in [3.8, 4) is 17.4 Å². The standard InChI is InChI=1S/C27H28FN5O5/c1-35-23-15-30-21(14-31-23)25(34)32-27(29)33-26(8-11-37-27)18-4-2-3-5-22(18)38-24-19(26)12-17(13-20(24)28)16-6-9-36-10-7-16/h2-5,12-16,33H,6-11,29H2,1H3,(H,32,34)/t26-,27?/m0/s1. The Balaban J connectivity index is 1.40. The van der Waals surface area contributed by atoms with Gasteiger partial charge in [0.25, 0.3) is 11.9 Å². The number of carbonyl (C=O) groups excluding carboxylic acids is 1. The molecule has 3 aliphatic rings. The number of ether oxygens (including phenoxy) is 4. The molecule has 1 aromatic heterocycles. The molecular formula is C27H28FN5O5. The molecule has 1 unspecified atom stereocenters. The van der Waals surface area contributed by atoms with Crippen molar-refractivity contribution in [3.63, 3.8) is 0 Å². The Morgan fingerprint density at radius 2 is 1.97 bits per heavy atom. The molecule has 198 valence electrons. The highest BCUT2D eigenvalue weighted by molar-refractivity contribution is 5.92. The molecule has 2 saturated heterocycles. The normalized spacial score (nSPS) is 24.7. The molecule has 3 aromatic rings. The Morgan fingerprint density at radius 1 is 1.16 bits per heavy atom.